The highest BCUT2D eigenvalue weighted by Gasteiger charge is 2.26. The van der Waals surface area contributed by atoms with Crippen LogP contribution in [0.1, 0.15) is 19.6 Å². The Labute approximate surface area is 140 Å². The number of rotatable bonds is 8. The molecule has 0 aliphatic carbocycles. The Morgan fingerprint density at radius 2 is 2.12 bits per heavy atom. The summed E-state index contributed by atoms with van der Waals surface area (Å²) >= 11 is 0. The minimum Gasteiger partial charge on any atom is -0.491 e. The number of hydrogen-bond acceptors (Lipinski definition) is 5. The highest BCUT2D eigenvalue weighted by molar-refractivity contribution is 7.89. The SMILES string of the molecule is CCOc1ccc(S(=O)(=O)NCC(C)(O)Cc2ccco2)cc1F. The lowest BCUT2D eigenvalue weighted by atomic mass is 10.0. The second-order valence-electron chi connectivity index (χ2n) is 5.60. The maximum Gasteiger partial charge on any atom is 0.240 e. The lowest BCUT2D eigenvalue weighted by Gasteiger charge is -2.22. The zero-order chi connectivity index (χ0) is 17.8. The van der Waals surface area contributed by atoms with Crippen LogP contribution in [0.5, 0.6) is 5.75 Å². The topological polar surface area (TPSA) is 88.8 Å². The summed E-state index contributed by atoms with van der Waals surface area (Å²) in [4.78, 5) is -0.239. The van der Waals surface area contributed by atoms with Gasteiger partial charge in [-0.3, -0.25) is 0 Å². The lowest BCUT2D eigenvalue weighted by Crippen LogP contribution is -2.42. The molecule has 0 saturated heterocycles. The van der Waals surface area contributed by atoms with E-state index in [0.29, 0.717) is 5.76 Å². The predicted molar refractivity (Wildman–Crippen MR) is 85.8 cm³/mol. The molecule has 24 heavy (non-hydrogen) atoms. The largest absolute Gasteiger partial charge is 0.491 e. The van der Waals surface area contributed by atoms with E-state index in [1.54, 1.807) is 19.1 Å². The fraction of sp³-hybridized carbons (Fsp3) is 0.375. The van der Waals surface area contributed by atoms with Crippen molar-refractivity contribution in [3.63, 3.8) is 0 Å². The third-order valence-electron chi connectivity index (χ3n) is 3.29. The third kappa shape index (κ3) is 4.80. The van der Waals surface area contributed by atoms with Gasteiger partial charge < -0.3 is 14.3 Å². The van der Waals surface area contributed by atoms with Gasteiger partial charge in [-0.1, -0.05) is 0 Å². The summed E-state index contributed by atoms with van der Waals surface area (Å²) in [6, 6.07) is 6.75. The monoisotopic (exact) mass is 357 g/mol. The fourth-order valence-electron chi connectivity index (χ4n) is 2.11. The second-order valence-corrected chi connectivity index (χ2v) is 7.37. The average Bonchev–Trinajstić information content (AvgIpc) is 3.00. The summed E-state index contributed by atoms with van der Waals surface area (Å²) in [5, 5.41) is 10.3. The van der Waals surface area contributed by atoms with Crippen LogP contribution in [0.25, 0.3) is 0 Å². The Hall–Kier alpha value is -1.90. The standard InChI is InChI=1S/C16H20FNO5S/c1-3-22-15-7-6-13(9-14(15)17)24(20,21)18-11-16(2,19)10-12-5-4-8-23-12/h4-9,18-19H,3,10-11H2,1-2H3. The normalized spacial score (nSPS) is 14.3. The van der Waals surface area contributed by atoms with E-state index in [1.165, 1.54) is 25.3 Å². The van der Waals surface area contributed by atoms with Crippen molar-refractivity contribution in [1.29, 1.82) is 0 Å². The van der Waals surface area contributed by atoms with Crippen molar-refractivity contribution < 1.29 is 27.1 Å². The number of halogens is 1. The van der Waals surface area contributed by atoms with E-state index in [1.807, 2.05) is 0 Å². The molecule has 0 radical (unpaired) electrons. The van der Waals surface area contributed by atoms with E-state index in [9.17, 15) is 17.9 Å². The van der Waals surface area contributed by atoms with Crippen LogP contribution < -0.4 is 9.46 Å². The van der Waals surface area contributed by atoms with E-state index in [0.717, 1.165) is 6.07 Å². The van der Waals surface area contributed by atoms with Gasteiger partial charge in [0.1, 0.15) is 5.76 Å². The smallest absolute Gasteiger partial charge is 0.240 e. The number of ether oxygens (including phenoxy) is 1. The number of sulfonamides is 1. The summed E-state index contributed by atoms with van der Waals surface area (Å²) < 4.78 is 50.8. The third-order valence-corrected chi connectivity index (χ3v) is 4.69. The van der Waals surface area contributed by atoms with E-state index >= 15 is 0 Å². The molecule has 1 unspecified atom stereocenters. The van der Waals surface area contributed by atoms with Crippen molar-refractivity contribution in [2.24, 2.45) is 0 Å². The number of aliphatic hydroxyl groups is 1. The first-order valence-electron chi connectivity index (χ1n) is 7.40. The molecule has 2 rings (SSSR count). The molecule has 0 aliphatic rings. The van der Waals surface area contributed by atoms with Crippen LogP contribution in [0, 0.1) is 5.82 Å². The van der Waals surface area contributed by atoms with Crippen LogP contribution in [-0.2, 0) is 16.4 Å². The molecule has 1 atom stereocenters. The molecule has 0 fully saturated rings. The van der Waals surface area contributed by atoms with Gasteiger partial charge in [0.2, 0.25) is 10.0 Å². The van der Waals surface area contributed by atoms with Crippen molar-refractivity contribution in [3.05, 3.63) is 48.2 Å². The van der Waals surface area contributed by atoms with Gasteiger partial charge in [-0.25, -0.2) is 17.5 Å². The summed E-state index contributed by atoms with van der Waals surface area (Å²) in [7, 11) is -3.96. The van der Waals surface area contributed by atoms with E-state index in [4.69, 9.17) is 9.15 Å². The molecule has 132 valence electrons. The van der Waals surface area contributed by atoms with Crippen LogP contribution in [0.3, 0.4) is 0 Å². The maximum absolute atomic E-state index is 13.8. The van der Waals surface area contributed by atoms with Crippen molar-refractivity contribution >= 4 is 10.0 Å². The molecule has 1 heterocycles. The molecular formula is C16H20FNO5S. The molecule has 0 bridgehead atoms. The first-order chi connectivity index (χ1) is 11.2. The number of furan rings is 1. The van der Waals surface area contributed by atoms with Gasteiger partial charge in [0.05, 0.1) is 23.4 Å². The molecule has 0 saturated carbocycles. The molecule has 8 heteroatoms. The van der Waals surface area contributed by atoms with E-state index in [2.05, 4.69) is 4.72 Å². The summed E-state index contributed by atoms with van der Waals surface area (Å²) in [5.41, 5.74) is -1.35. The molecule has 2 aromatic rings. The molecule has 0 amide bonds. The Morgan fingerprint density at radius 3 is 2.71 bits per heavy atom. The van der Waals surface area contributed by atoms with Crippen LogP contribution in [0.2, 0.25) is 0 Å². The zero-order valence-corrected chi connectivity index (χ0v) is 14.3. The number of nitrogens with one attached hydrogen (secondary N) is 1. The molecule has 1 aromatic carbocycles. The molecule has 0 spiro atoms. The van der Waals surface area contributed by atoms with Gasteiger partial charge in [-0.05, 0) is 44.2 Å². The summed E-state index contributed by atoms with van der Waals surface area (Å²) in [5.74, 6) is -0.241. The van der Waals surface area contributed by atoms with Gasteiger partial charge >= 0.3 is 0 Å². The summed E-state index contributed by atoms with van der Waals surface area (Å²) in [6.45, 7) is 3.21. The Morgan fingerprint density at radius 1 is 1.38 bits per heavy atom. The van der Waals surface area contributed by atoms with E-state index in [-0.39, 0.29) is 30.2 Å². The van der Waals surface area contributed by atoms with Gasteiger partial charge in [-0.2, -0.15) is 0 Å². The molecule has 0 aliphatic heterocycles. The Balaban J connectivity index is 2.06. The number of benzene rings is 1. The van der Waals surface area contributed by atoms with Gasteiger partial charge in [-0.15, -0.1) is 0 Å². The fourth-order valence-corrected chi connectivity index (χ4v) is 3.28. The lowest BCUT2D eigenvalue weighted by molar-refractivity contribution is 0.0603. The minimum absolute atomic E-state index is 0.0127. The predicted octanol–water partition coefficient (Wildman–Crippen LogP) is 2.09. The quantitative estimate of drug-likeness (QED) is 0.755. The van der Waals surface area contributed by atoms with Crippen molar-refractivity contribution in [1.82, 2.24) is 4.72 Å². The second kappa shape index (κ2) is 7.33. The first-order valence-corrected chi connectivity index (χ1v) is 8.88. The maximum atomic E-state index is 13.8. The molecular weight excluding hydrogens is 337 g/mol. The Bertz CT molecular complexity index is 772. The van der Waals surface area contributed by atoms with Crippen molar-refractivity contribution in [3.8, 4) is 5.75 Å². The van der Waals surface area contributed by atoms with Gasteiger partial charge in [0.25, 0.3) is 0 Å². The van der Waals surface area contributed by atoms with Crippen LogP contribution >= 0.6 is 0 Å². The van der Waals surface area contributed by atoms with Crippen molar-refractivity contribution in [2.75, 3.05) is 13.2 Å². The molecule has 6 nitrogen and oxygen atoms in total. The average molecular weight is 357 g/mol. The highest BCUT2D eigenvalue weighted by Crippen LogP contribution is 2.21. The molecule has 2 N–H and O–H groups in total. The molecule has 1 aromatic heterocycles. The number of hydrogen-bond donors (Lipinski definition) is 2. The zero-order valence-electron chi connectivity index (χ0n) is 13.5. The Kier molecular flexibility index (Phi) is 5.63. The van der Waals surface area contributed by atoms with Crippen LogP contribution in [-0.4, -0.2) is 32.3 Å². The minimum atomic E-state index is -3.96. The highest BCUT2D eigenvalue weighted by atomic mass is 32.2. The van der Waals surface area contributed by atoms with Gasteiger partial charge in [0, 0.05) is 13.0 Å². The van der Waals surface area contributed by atoms with Crippen LogP contribution in [0.4, 0.5) is 4.39 Å². The van der Waals surface area contributed by atoms with Gasteiger partial charge in [0.15, 0.2) is 11.6 Å². The van der Waals surface area contributed by atoms with E-state index < -0.39 is 21.4 Å². The van der Waals surface area contributed by atoms with Crippen molar-refractivity contribution in [2.45, 2.75) is 30.8 Å². The first kappa shape index (κ1) is 18.4. The summed E-state index contributed by atoms with van der Waals surface area (Å²) in [6.07, 6.45) is 1.61. The van der Waals surface area contributed by atoms with Crippen LogP contribution in [0.15, 0.2) is 45.9 Å².